The SMILES string of the molecule is COc1cc(C(=O)NC2CCCc3nc(C)ncc32)nn1C. The first-order chi connectivity index (χ1) is 10.6. The molecule has 0 bridgehead atoms. The molecule has 0 aliphatic heterocycles. The van der Waals surface area contributed by atoms with E-state index in [9.17, 15) is 4.79 Å². The first-order valence-corrected chi connectivity index (χ1v) is 7.30. The van der Waals surface area contributed by atoms with E-state index in [-0.39, 0.29) is 11.9 Å². The van der Waals surface area contributed by atoms with Crippen LogP contribution < -0.4 is 10.1 Å². The lowest BCUT2D eigenvalue weighted by Crippen LogP contribution is -2.32. The Kier molecular flexibility index (Phi) is 3.79. The standard InChI is InChI=1S/C15H19N5O2/c1-9-16-8-10-11(17-9)5-4-6-12(10)18-15(21)13-7-14(22-3)20(2)19-13/h7-8,12H,4-6H2,1-3H3,(H,18,21). The van der Waals surface area contributed by atoms with E-state index in [0.29, 0.717) is 11.6 Å². The molecule has 1 aliphatic carbocycles. The Morgan fingerprint density at radius 2 is 2.32 bits per heavy atom. The third kappa shape index (κ3) is 2.66. The number of ether oxygens (including phenoxy) is 1. The van der Waals surface area contributed by atoms with Gasteiger partial charge >= 0.3 is 0 Å². The minimum Gasteiger partial charge on any atom is -0.481 e. The molecule has 0 saturated heterocycles. The summed E-state index contributed by atoms with van der Waals surface area (Å²) in [6, 6.07) is 1.56. The van der Waals surface area contributed by atoms with Crippen molar-refractivity contribution in [2.24, 2.45) is 7.05 Å². The second kappa shape index (κ2) is 5.75. The van der Waals surface area contributed by atoms with Crippen molar-refractivity contribution in [3.63, 3.8) is 0 Å². The minimum absolute atomic E-state index is 0.0650. The van der Waals surface area contributed by atoms with Gasteiger partial charge in [0, 0.05) is 30.6 Å². The monoisotopic (exact) mass is 301 g/mol. The fourth-order valence-electron chi connectivity index (χ4n) is 2.78. The summed E-state index contributed by atoms with van der Waals surface area (Å²) < 4.78 is 6.67. The number of amides is 1. The normalized spacial score (nSPS) is 17.0. The lowest BCUT2D eigenvalue weighted by atomic mass is 9.92. The zero-order chi connectivity index (χ0) is 15.7. The summed E-state index contributed by atoms with van der Waals surface area (Å²) in [7, 11) is 3.29. The quantitative estimate of drug-likeness (QED) is 0.925. The second-order valence-electron chi connectivity index (χ2n) is 5.43. The first kappa shape index (κ1) is 14.5. The summed E-state index contributed by atoms with van der Waals surface area (Å²) in [4.78, 5) is 21.1. The van der Waals surface area contributed by atoms with Crippen molar-refractivity contribution >= 4 is 5.91 Å². The number of hydrogen-bond donors (Lipinski definition) is 1. The van der Waals surface area contributed by atoms with Crippen molar-refractivity contribution in [2.45, 2.75) is 32.2 Å². The van der Waals surface area contributed by atoms with E-state index in [4.69, 9.17) is 4.74 Å². The fourth-order valence-corrected chi connectivity index (χ4v) is 2.78. The van der Waals surface area contributed by atoms with Crippen LogP contribution >= 0.6 is 0 Å². The molecule has 0 spiro atoms. The highest BCUT2D eigenvalue weighted by Crippen LogP contribution is 2.28. The van der Waals surface area contributed by atoms with Gasteiger partial charge in [-0.15, -0.1) is 0 Å². The van der Waals surface area contributed by atoms with Gasteiger partial charge in [-0.05, 0) is 26.2 Å². The van der Waals surface area contributed by atoms with Gasteiger partial charge in [0.05, 0.1) is 13.2 Å². The van der Waals surface area contributed by atoms with Crippen LogP contribution in [0.3, 0.4) is 0 Å². The molecule has 0 radical (unpaired) electrons. The number of nitrogens with zero attached hydrogens (tertiary/aromatic N) is 4. The molecule has 116 valence electrons. The molecule has 7 heteroatoms. The number of carbonyl (C=O) groups excluding carboxylic acids is 1. The van der Waals surface area contributed by atoms with E-state index in [1.165, 1.54) is 4.68 Å². The highest BCUT2D eigenvalue weighted by molar-refractivity contribution is 5.92. The van der Waals surface area contributed by atoms with Crippen molar-refractivity contribution in [2.75, 3.05) is 7.11 Å². The Bertz CT molecular complexity index is 710. The molecule has 2 aromatic heterocycles. The molecule has 0 saturated carbocycles. The van der Waals surface area contributed by atoms with Gasteiger partial charge in [-0.1, -0.05) is 0 Å². The van der Waals surface area contributed by atoms with E-state index >= 15 is 0 Å². The molecule has 1 amide bonds. The molecule has 1 atom stereocenters. The second-order valence-corrected chi connectivity index (χ2v) is 5.43. The number of aryl methyl sites for hydroxylation is 3. The van der Waals surface area contributed by atoms with Crippen molar-refractivity contribution in [1.29, 1.82) is 0 Å². The van der Waals surface area contributed by atoms with Gasteiger partial charge in [0.25, 0.3) is 5.91 Å². The van der Waals surface area contributed by atoms with Crippen molar-refractivity contribution in [1.82, 2.24) is 25.1 Å². The molecule has 22 heavy (non-hydrogen) atoms. The van der Waals surface area contributed by atoms with Crippen molar-refractivity contribution in [3.8, 4) is 5.88 Å². The molecule has 2 heterocycles. The van der Waals surface area contributed by atoms with Crippen molar-refractivity contribution in [3.05, 3.63) is 35.0 Å². The van der Waals surface area contributed by atoms with E-state index < -0.39 is 0 Å². The van der Waals surface area contributed by atoms with Crippen LogP contribution in [0.15, 0.2) is 12.3 Å². The van der Waals surface area contributed by atoms with Crippen LogP contribution in [0.4, 0.5) is 0 Å². The molecule has 1 unspecified atom stereocenters. The zero-order valence-electron chi connectivity index (χ0n) is 13.0. The average Bonchev–Trinajstić information content (AvgIpc) is 2.88. The van der Waals surface area contributed by atoms with Gasteiger partial charge in [-0.2, -0.15) is 5.10 Å². The Labute approximate surface area is 128 Å². The number of hydrogen-bond acceptors (Lipinski definition) is 5. The van der Waals surface area contributed by atoms with Gasteiger partial charge in [-0.25, -0.2) is 14.6 Å². The van der Waals surface area contributed by atoms with Gasteiger partial charge in [0.2, 0.25) is 5.88 Å². The molecule has 1 N–H and O–H groups in total. The average molecular weight is 301 g/mol. The first-order valence-electron chi connectivity index (χ1n) is 7.30. The number of aromatic nitrogens is 4. The maximum Gasteiger partial charge on any atom is 0.272 e. The largest absolute Gasteiger partial charge is 0.481 e. The van der Waals surface area contributed by atoms with Crippen LogP contribution in [0, 0.1) is 6.92 Å². The summed E-state index contributed by atoms with van der Waals surface area (Å²) >= 11 is 0. The Balaban J connectivity index is 1.80. The lowest BCUT2D eigenvalue weighted by molar-refractivity contribution is 0.0926. The summed E-state index contributed by atoms with van der Waals surface area (Å²) in [6.07, 6.45) is 4.64. The number of rotatable bonds is 3. The molecular formula is C15H19N5O2. The predicted octanol–water partition coefficient (Wildman–Crippen LogP) is 1.33. The molecule has 0 aromatic carbocycles. The van der Waals surface area contributed by atoms with Crippen LogP contribution in [0.1, 0.15) is 46.5 Å². The van der Waals surface area contributed by atoms with Gasteiger partial charge in [0.15, 0.2) is 5.69 Å². The predicted molar refractivity (Wildman–Crippen MR) is 79.7 cm³/mol. The minimum atomic E-state index is -0.211. The molecule has 3 rings (SSSR count). The highest BCUT2D eigenvalue weighted by Gasteiger charge is 2.25. The molecule has 1 aliphatic rings. The van der Waals surface area contributed by atoms with Crippen LogP contribution in [0.25, 0.3) is 0 Å². The number of methoxy groups -OCH3 is 1. The number of nitrogens with one attached hydrogen (secondary N) is 1. The summed E-state index contributed by atoms with van der Waals surface area (Å²) in [6.45, 7) is 1.88. The summed E-state index contributed by atoms with van der Waals surface area (Å²) in [5.41, 5.74) is 2.38. The third-order valence-electron chi connectivity index (χ3n) is 3.89. The summed E-state index contributed by atoms with van der Waals surface area (Å²) in [5, 5.41) is 7.19. The highest BCUT2D eigenvalue weighted by atomic mass is 16.5. The lowest BCUT2D eigenvalue weighted by Gasteiger charge is -2.25. The van der Waals surface area contributed by atoms with Gasteiger partial charge in [-0.3, -0.25) is 4.79 Å². The zero-order valence-corrected chi connectivity index (χ0v) is 13.0. The van der Waals surface area contributed by atoms with Crippen LogP contribution in [-0.4, -0.2) is 32.8 Å². The van der Waals surface area contributed by atoms with Crippen LogP contribution in [0.2, 0.25) is 0 Å². The fraction of sp³-hybridized carbons (Fsp3) is 0.467. The molecular weight excluding hydrogens is 282 g/mol. The van der Waals surface area contributed by atoms with Crippen LogP contribution in [-0.2, 0) is 13.5 Å². The maximum atomic E-state index is 12.4. The Morgan fingerprint density at radius 1 is 1.50 bits per heavy atom. The molecule has 0 fully saturated rings. The van der Waals surface area contributed by atoms with E-state index in [2.05, 4.69) is 20.4 Å². The maximum absolute atomic E-state index is 12.4. The van der Waals surface area contributed by atoms with Gasteiger partial charge < -0.3 is 10.1 Å². The molecule has 2 aromatic rings. The van der Waals surface area contributed by atoms with E-state index in [1.54, 1.807) is 20.2 Å². The number of fused-ring (bicyclic) bond motifs is 1. The number of carbonyl (C=O) groups is 1. The topological polar surface area (TPSA) is 81.9 Å². The van der Waals surface area contributed by atoms with E-state index in [0.717, 1.165) is 36.3 Å². The van der Waals surface area contributed by atoms with Crippen LogP contribution in [0.5, 0.6) is 5.88 Å². The van der Waals surface area contributed by atoms with Gasteiger partial charge in [0.1, 0.15) is 5.82 Å². The smallest absolute Gasteiger partial charge is 0.272 e. The Morgan fingerprint density at radius 3 is 3.05 bits per heavy atom. The summed E-state index contributed by atoms with van der Waals surface area (Å²) in [5.74, 6) is 1.10. The molecule has 7 nitrogen and oxygen atoms in total. The third-order valence-corrected chi connectivity index (χ3v) is 3.89. The van der Waals surface area contributed by atoms with E-state index in [1.807, 2.05) is 13.1 Å². The Hall–Kier alpha value is -2.44. The van der Waals surface area contributed by atoms with Crippen molar-refractivity contribution < 1.29 is 9.53 Å².